The summed E-state index contributed by atoms with van der Waals surface area (Å²) in [5, 5.41) is 5.67. The number of anilines is 2. The number of carbonyl (C=O) groups is 2. The number of carbonyl (C=O) groups excluding carboxylic acids is 2. The van der Waals surface area contributed by atoms with Crippen LogP contribution >= 0.6 is 0 Å². The summed E-state index contributed by atoms with van der Waals surface area (Å²) in [5.41, 5.74) is 1.83. The van der Waals surface area contributed by atoms with E-state index in [-0.39, 0.29) is 17.7 Å². The molecule has 0 unspecified atom stereocenters. The summed E-state index contributed by atoms with van der Waals surface area (Å²) in [7, 11) is 0. The lowest BCUT2D eigenvalue weighted by molar-refractivity contribution is -0.118. The van der Waals surface area contributed by atoms with Gasteiger partial charge in [0, 0.05) is 22.9 Å². The molecule has 2 rings (SSSR count). The lowest BCUT2D eigenvalue weighted by Gasteiger charge is -2.11. The van der Waals surface area contributed by atoms with Crippen molar-refractivity contribution in [1.29, 1.82) is 0 Å². The molecule has 5 heteroatoms. The molecule has 0 aliphatic carbocycles. The van der Waals surface area contributed by atoms with Crippen molar-refractivity contribution in [3.8, 4) is 5.75 Å². The highest BCUT2D eigenvalue weighted by molar-refractivity contribution is 6.04. The number of amides is 2. The molecule has 0 saturated carbocycles. The van der Waals surface area contributed by atoms with Crippen LogP contribution in [-0.4, -0.2) is 18.4 Å². The predicted molar refractivity (Wildman–Crippen MR) is 109 cm³/mol. The molecule has 0 fully saturated rings. The van der Waals surface area contributed by atoms with Crippen LogP contribution in [-0.2, 0) is 4.79 Å². The van der Waals surface area contributed by atoms with Gasteiger partial charge in [-0.2, -0.15) is 0 Å². The predicted octanol–water partition coefficient (Wildman–Crippen LogP) is 5.10. The first kappa shape index (κ1) is 20.5. The SMILES string of the molecule is CCCCCOc1ccc(C(=O)Nc2cccc(NC(=O)C(C)C)c2)cc1. The van der Waals surface area contributed by atoms with Crippen LogP contribution in [0.5, 0.6) is 5.75 Å². The molecule has 2 aromatic rings. The smallest absolute Gasteiger partial charge is 0.255 e. The van der Waals surface area contributed by atoms with E-state index >= 15 is 0 Å². The van der Waals surface area contributed by atoms with E-state index < -0.39 is 0 Å². The van der Waals surface area contributed by atoms with Crippen molar-refractivity contribution < 1.29 is 14.3 Å². The summed E-state index contributed by atoms with van der Waals surface area (Å²) in [6.07, 6.45) is 3.34. The van der Waals surface area contributed by atoms with Crippen LogP contribution in [0.25, 0.3) is 0 Å². The van der Waals surface area contributed by atoms with Crippen molar-refractivity contribution in [2.45, 2.75) is 40.0 Å². The van der Waals surface area contributed by atoms with Gasteiger partial charge in [-0.1, -0.05) is 39.7 Å². The average Bonchev–Trinajstić information content (AvgIpc) is 2.66. The van der Waals surface area contributed by atoms with Gasteiger partial charge >= 0.3 is 0 Å². The monoisotopic (exact) mass is 368 g/mol. The molecule has 0 heterocycles. The molecule has 0 radical (unpaired) electrons. The van der Waals surface area contributed by atoms with Gasteiger partial charge in [0.25, 0.3) is 5.91 Å². The van der Waals surface area contributed by atoms with Gasteiger partial charge in [0.2, 0.25) is 5.91 Å². The number of hydrogen-bond acceptors (Lipinski definition) is 3. The topological polar surface area (TPSA) is 67.4 Å². The highest BCUT2D eigenvalue weighted by Crippen LogP contribution is 2.18. The maximum absolute atomic E-state index is 12.4. The van der Waals surface area contributed by atoms with Gasteiger partial charge in [-0.05, 0) is 48.9 Å². The zero-order valence-electron chi connectivity index (χ0n) is 16.2. The molecular weight excluding hydrogens is 340 g/mol. The first-order valence-corrected chi connectivity index (χ1v) is 9.44. The van der Waals surface area contributed by atoms with Crippen molar-refractivity contribution in [2.24, 2.45) is 5.92 Å². The van der Waals surface area contributed by atoms with Crippen molar-refractivity contribution in [1.82, 2.24) is 0 Å². The van der Waals surface area contributed by atoms with E-state index in [1.807, 2.05) is 13.8 Å². The van der Waals surface area contributed by atoms with E-state index in [1.165, 1.54) is 0 Å². The molecular formula is C22H28N2O3. The zero-order chi connectivity index (χ0) is 19.6. The van der Waals surface area contributed by atoms with Crippen molar-refractivity contribution in [3.63, 3.8) is 0 Å². The summed E-state index contributed by atoms with van der Waals surface area (Å²) in [6, 6.07) is 14.2. The average molecular weight is 368 g/mol. The number of nitrogens with one attached hydrogen (secondary N) is 2. The number of unbranched alkanes of at least 4 members (excludes halogenated alkanes) is 2. The minimum Gasteiger partial charge on any atom is -0.494 e. The maximum atomic E-state index is 12.4. The molecule has 5 nitrogen and oxygen atoms in total. The van der Waals surface area contributed by atoms with Gasteiger partial charge in [-0.25, -0.2) is 0 Å². The maximum Gasteiger partial charge on any atom is 0.255 e. The second kappa shape index (κ2) is 10.4. The minimum atomic E-state index is -0.208. The first-order valence-electron chi connectivity index (χ1n) is 9.44. The number of rotatable bonds is 9. The molecule has 0 bridgehead atoms. The molecule has 0 saturated heterocycles. The second-order valence-corrected chi connectivity index (χ2v) is 6.76. The Morgan fingerprint density at radius 3 is 2.26 bits per heavy atom. The third-order valence-electron chi connectivity index (χ3n) is 4.05. The van der Waals surface area contributed by atoms with E-state index in [1.54, 1.807) is 48.5 Å². The van der Waals surface area contributed by atoms with E-state index in [2.05, 4.69) is 17.6 Å². The van der Waals surface area contributed by atoms with Crippen LogP contribution < -0.4 is 15.4 Å². The number of ether oxygens (including phenoxy) is 1. The summed E-state index contributed by atoms with van der Waals surface area (Å²) >= 11 is 0. The van der Waals surface area contributed by atoms with E-state index in [0.29, 0.717) is 23.5 Å². The van der Waals surface area contributed by atoms with Crippen LogP contribution in [0, 0.1) is 5.92 Å². The fourth-order valence-electron chi connectivity index (χ4n) is 2.41. The summed E-state index contributed by atoms with van der Waals surface area (Å²) in [6.45, 7) is 6.51. The van der Waals surface area contributed by atoms with Crippen LogP contribution in [0.15, 0.2) is 48.5 Å². The molecule has 0 aromatic heterocycles. The van der Waals surface area contributed by atoms with E-state index in [9.17, 15) is 9.59 Å². The van der Waals surface area contributed by atoms with Gasteiger partial charge < -0.3 is 15.4 Å². The Bertz CT molecular complexity index is 754. The largest absolute Gasteiger partial charge is 0.494 e. The first-order chi connectivity index (χ1) is 13.0. The molecule has 0 spiro atoms. The second-order valence-electron chi connectivity index (χ2n) is 6.76. The van der Waals surface area contributed by atoms with Crippen molar-refractivity contribution in [3.05, 3.63) is 54.1 Å². The lowest BCUT2D eigenvalue weighted by Crippen LogP contribution is -2.18. The Kier molecular flexibility index (Phi) is 7.86. The highest BCUT2D eigenvalue weighted by Gasteiger charge is 2.09. The van der Waals surface area contributed by atoms with Gasteiger partial charge in [0.1, 0.15) is 5.75 Å². The van der Waals surface area contributed by atoms with Gasteiger partial charge in [-0.3, -0.25) is 9.59 Å². The molecule has 2 N–H and O–H groups in total. The quantitative estimate of drug-likeness (QED) is 0.605. The van der Waals surface area contributed by atoms with Crippen LogP contribution in [0.4, 0.5) is 11.4 Å². The summed E-state index contributed by atoms with van der Waals surface area (Å²) in [4.78, 5) is 24.2. The van der Waals surface area contributed by atoms with Crippen LogP contribution in [0.2, 0.25) is 0 Å². The normalized spacial score (nSPS) is 10.5. The molecule has 0 atom stereocenters. The van der Waals surface area contributed by atoms with Gasteiger partial charge in [0.15, 0.2) is 0 Å². The van der Waals surface area contributed by atoms with Crippen molar-refractivity contribution in [2.75, 3.05) is 17.2 Å². The zero-order valence-corrected chi connectivity index (χ0v) is 16.2. The van der Waals surface area contributed by atoms with Gasteiger partial charge in [-0.15, -0.1) is 0 Å². The Labute approximate surface area is 161 Å². The lowest BCUT2D eigenvalue weighted by atomic mass is 10.2. The Hall–Kier alpha value is -2.82. The molecule has 2 amide bonds. The minimum absolute atomic E-state index is 0.0620. The third-order valence-corrected chi connectivity index (χ3v) is 4.05. The Morgan fingerprint density at radius 1 is 0.963 bits per heavy atom. The summed E-state index contributed by atoms with van der Waals surface area (Å²) in [5.74, 6) is 0.389. The number of hydrogen-bond donors (Lipinski definition) is 2. The molecule has 0 aliphatic rings. The highest BCUT2D eigenvalue weighted by atomic mass is 16.5. The van der Waals surface area contributed by atoms with Crippen LogP contribution in [0.3, 0.4) is 0 Å². The Morgan fingerprint density at radius 2 is 1.63 bits per heavy atom. The Balaban J connectivity index is 1.93. The van der Waals surface area contributed by atoms with Crippen molar-refractivity contribution >= 4 is 23.2 Å². The van der Waals surface area contributed by atoms with Crippen LogP contribution in [0.1, 0.15) is 50.4 Å². The molecule has 144 valence electrons. The molecule has 2 aromatic carbocycles. The molecule has 0 aliphatic heterocycles. The molecule has 27 heavy (non-hydrogen) atoms. The summed E-state index contributed by atoms with van der Waals surface area (Å²) < 4.78 is 5.66. The fraction of sp³-hybridized carbons (Fsp3) is 0.364. The number of benzene rings is 2. The van der Waals surface area contributed by atoms with Gasteiger partial charge in [0.05, 0.1) is 6.61 Å². The van der Waals surface area contributed by atoms with E-state index in [4.69, 9.17) is 4.74 Å². The third kappa shape index (κ3) is 6.77. The standard InChI is InChI=1S/C22H28N2O3/c1-4-5-6-14-27-20-12-10-17(11-13-20)22(26)24-19-9-7-8-18(15-19)23-21(25)16(2)3/h7-13,15-16H,4-6,14H2,1-3H3,(H,23,25)(H,24,26). The fourth-order valence-corrected chi connectivity index (χ4v) is 2.41. The van der Waals surface area contributed by atoms with E-state index in [0.717, 1.165) is 25.0 Å².